The van der Waals surface area contributed by atoms with Gasteiger partial charge in [0.2, 0.25) is 5.95 Å². The van der Waals surface area contributed by atoms with Crippen LogP contribution in [0.2, 0.25) is 10.0 Å². The molecule has 0 amide bonds. The summed E-state index contributed by atoms with van der Waals surface area (Å²) in [5, 5.41) is 7.15. The van der Waals surface area contributed by atoms with Gasteiger partial charge in [-0.3, -0.25) is 4.79 Å². The van der Waals surface area contributed by atoms with Crippen LogP contribution in [0.1, 0.15) is 17.3 Å². The molecule has 0 saturated heterocycles. The lowest BCUT2D eigenvalue weighted by molar-refractivity contribution is 0.101. The molecule has 3 aromatic rings. The number of Topliss-reactive ketones (excluding diaryl/α,β-unsaturated/α-hetero) is 1. The number of hydrogen-bond acceptors (Lipinski definition) is 5. The van der Waals surface area contributed by atoms with Gasteiger partial charge < -0.3 is 10.6 Å². The number of nitrogens with one attached hydrogen (secondary N) is 2. The number of carbonyl (C=O) groups is 1. The van der Waals surface area contributed by atoms with E-state index in [2.05, 4.69) is 20.6 Å². The third kappa shape index (κ3) is 4.26. The van der Waals surface area contributed by atoms with Crippen molar-refractivity contribution in [3.63, 3.8) is 0 Å². The summed E-state index contributed by atoms with van der Waals surface area (Å²) in [5.41, 5.74) is 1.91. The summed E-state index contributed by atoms with van der Waals surface area (Å²) in [7, 11) is 0. The van der Waals surface area contributed by atoms with E-state index in [1.54, 1.807) is 48.7 Å². The molecular formula is C18H14Cl2N4O. The summed E-state index contributed by atoms with van der Waals surface area (Å²) in [6, 6.07) is 14.1. The Balaban J connectivity index is 1.82. The fraction of sp³-hybridized carbons (Fsp3) is 0.0556. The van der Waals surface area contributed by atoms with E-state index in [1.807, 2.05) is 6.07 Å². The lowest BCUT2D eigenvalue weighted by atomic mass is 10.1. The first-order chi connectivity index (χ1) is 12.0. The van der Waals surface area contributed by atoms with Gasteiger partial charge in [0.15, 0.2) is 5.78 Å². The summed E-state index contributed by atoms with van der Waals surface area (Å²) in [6.45, 7) is 1.52. The number of nitrogens with zero attached hydrogens (tertiary/aromatic N) is 2. The molecule has 0 saturated carbocycles. The Morgan fingerprint density at radius 1 is 1.00 bits per heavy atom. The van der Waals surface area contributed by atoms with Gasteiger partial charge in [-0.25, -0.2) is 4.98 Å². The zero-order valence-corrected chi connectivity index (χ0v) is 14.8. The van der Waals surface area contributed by atoms with Gasteiger partial charge in [-0.1, -0.05) is 41.4 Å². The summed E-state index contributed by atoms with van der Waals surface area (Å²) >= 11 is 12.3. The molecule has 7 heteroatoms. The van der Waals surface area contributed by atoms with Crippen molar-refractivity contribution in [2.75, 3.05) is 10.6 Å². The average molecular weight is 373 g/mol. The van der Waals surface area contributed by atoms with Crippen molar-refractivity contribution in [1.29, 1.82) is 0 Å². The number of benzene rings is 2. The minimum absolute atomic E-state index is 0.00616. The highest BCUT2D eigenvalue weighted by Crippen LogP contribution is 2.32. The maximum absolute atomic E-state index is 11.5. The number of hydrogen-bond donors (Lipinski definition) is 2. The molecule has 5 nitrogen and oxygen atoms in total. The molecule has 0 unspecified atom stereocenters. The van der Waals surface area contributed by atoms with Crippen molar-refractivity contribution < 1.29 is 4.79 Å². The van der Waals surface area contributed by atoms with Crippen molar-refractivity contribution in [2.24, 2.45) is 0 Å². The van der Waals surface area contributed by atoms with Crippen LogP contribution >= 0.6 is 23.2 Å². The number of ketones is 1. The second kappa shape index (κ2) is 7.51. The maximum atomic E-state index is 11.5. The van der Waals surface area contributed by atoms with Crippen LogP contribution in [-0.2, 0) is 0 Å². The molecule has 0 aliphatic rings. The summed E-state index contributed by atoms with van der Waals surface area (Å²) in [5.74, 6) is 0.914. The molecule has 2 aromatic carbocycles. The molecule has 3 rings (SSSR count). The average Bonchev–Trinajstić information content (AvgIpc) is 2.59. The SMILES string of the molecule is CC(=O)c1cccc(Nc2nccc(Nc3c(Cl)cccc3Cl)n2)c1. The van der Waals surface area contributed by atoms with Crippen molar-refractivity contribution in [3.8, 4) is 0 Å². The second-order valence-electron chi connectivity index (χ2n) is 5.25. The molecule has 0 atom stereocenters. The monoisotopic (exact) mass is 372 g/mol. The molecule has 0 radical (unpaired) electrons. The molecule has 1 aromatic heterocycles. The Kier molecular flexibility index (Phi) is 5.16. The van der Waals surface area contributed by atoms with Crippen LogP contribution in [0.15, 0.2) is 54.7 Å². The molecule has 25 heavy (non-hydrogen) atoms. The zero-order chi connectivity index (χ0) is 17.8. The van der Waals surface area contributed by atoms with Gasteiger partial charge in [0.1, 0.15) is 5.82 Å². The van der Waals surface area contributed by atoms with Crippen molar-refractivity contribution >= 4 is 52.1 Å². The van der Waals surface area contributed by atoms with Gasteiger partial charge in [0, 0.05) is 17.4 Å². The molecule has 0 fully saturated rings. The predicted octanol–water partition coefficient (Wildman–Crippen LogP) is 5.47. The van der Waals surface area contributed by atoms with E-state index >= 15 is 0 Å². The number of para-hydroxylation sites is 1. The quantitative estimate of drug-likeness (QED) is 0.580. The number of aromatic nitrogens is 2. The van der Waals surface area contributed by atoms with Gasteiger partial charge in [-0.15, -0.1) is 0 Å². The number of anilines is 4. The number of rotatable bonds is 5. The summed E-state index contributed by atoms with van der Waals surface area (Å²) in [6.07, 6.45) is 1.61. The smallest absolute Gasteiger partial charge is 0.229 e. The van der Waals surface area contributed by atoms with Crippen molar-refractivity contribution in [3.05, 3.63) is 70.3 Å². The van der Waals surface area contributed by atoms with Crippen LogP contribution in [0.5, 0.6) is 0 Å². The fourth-order valence-electron chi connectivity index (χ4n) is 2.18. The predicted molar refractivity (Wildman–Crippen MR) is 102 cm³/mol. The van der Waals surface area contributed by atoms with Crippen LogP contribution in [-0.4, -0.2) is 15.8 Å². The highest BCUT2D eigenvalue weighted by atomic mass is 35.5. The minimum Gasteiger partial charge on any atom is -0.338 e. The third-order valence-electron chi connectivity index (χ3n) is 3.40. The minimum atomic E-state index is -0.00616. The largest absolute Gasteiger partial charge is 0.338 e. The summed E-state index contributed by atoms with van der Waals surface area (Å²) < 4.78 is 0. The second-order valence-corrected chi connectivity index (χ2v) is 6.06. The maximum Gasteiger partial charge on any atom is 0.229 e. The van der Waals surface area contributed by atoms with Gasteiger partial charge in [-0.2, -0.15) is 4.98 Å². The van der Waals surface area contributed by atoms with E-state index in [0.29, 0.717) is 33.1 Å². The Bertz CT molecular complexity index is 910. The lowest BCUT2D eigenvalue weighted by Gasteiger charge is -2.11. The Hall–Kier alpha value is -2.63. The van der Waals surface area contributed by atoms with E-state index < -0.39 is 0 Å². The zero-order valence-electron chi connectivity index (χ0n) is 13.3. The van der Waals surface area contributed by atoms with Gasteiger partial charge >= 0.3 is 0 Å². The van der Waals surface area contributed by atoms with E-state index in [9.17, 15) is 4.79 Å². The Morgan fingerprint density at radius 2 is 1.72 bits per heavy atom. The van der Waals surface area contributed by atoms with Gasteiger partial charge in [0.25, 0.3) is 0 Å². The van der Waals surface area contributed by atoms with E-state index in [4.69, 9.17) is 23.2 Å². The molecule has 2 N–H and O–H groups in total. The summed E-state index contributed by atoms with van der Waals surface area (Å²) in [4.78, 5) is 20.0. The molecule has 0 aliphatic carbocycles. The van der Waals surface area contributed by atoms with Gasteiger partial charge in [0.05, 0.1) is 15.7 Å². The van der Waals surface area contributed by atoms with Crippen molar-refractivity contribution in [1.82, 2.24) is 9.97 Å². The highest BCUT2D eigenvalue weighted by Gasteiger charge is 2.08. The van der Waals surface area contributed by atoms with Gasteiger partial charge in [-0.05, 0) is 37.3 Å². The van der Waals surface area contributed by atoms with Crippen LogP contribution in [0, 0.1) is 0 Å². The third-order valence-corrected chi connectivity index (χ3v) is 4.03. The first-order valence-electron chi connectivity index (χ1n) is 7.45. The van der Waals surface area contributed by atoms with E-state index in [-0.39, 0.29) is 5.78 Å². The first-order valence-corrected chi connectivity index (χ1v) is 8.20. The number of halogens is 2. The van der Waals surface area contributed by atoms with Crippen LogP contribution in [0.4, 0.5) is 23.1 Å². The highest BCUT2D eigenvalue weighted by molar-refractivity contribution is 6.39. The Labute approximate surface area is 155 Å². The molecule has 126 valence electrons. The van der Waals surface area contributed by atoms with Crippen molar-refractivity contribution in [2.45, 2.75) is 6.92 Å². The first kappa shape index (κ1) is 17.2. The standard InChI is InChI=1S/C18H14Cl2N4O/c1-11(25)12-4-2-5-13(10-12)22-18-21-9-8-16(24-18)23-17-14(19)6-3-7-15(17)20/h2-10H,1H3,(H2,21,22,23,24). The molecule has 0 spiro atoms. The molecule has 1 heterocycles. The Morgan fingerprint density at radius 3 is 2.44 bits per heavy atom. The topological polar surface area (TPSA) is 66.9 Å². The lowest BCUT2D eigenvalue weighted by Crippen LogP contribution is -2.02. The van der Waals surface area contributed by atoms with Crippen LogP contribution in [0.25, 0.3) is 0 Å². The van der Waals surface area contributed by atoms with E-state index in [1.165, 1.54) is 6.92 Å². The molecular weight excluding hydrogens is 359 g/mol. The number of carbonyl (C=O) groups excluding carboxylic acids is 1. The van der Waals surface area contributed by atoms with Crippen LogP contribution in [0.3, 0.4) is 0 Å². The fourth-order valence-corrected chi connectivity index (χ4v) is 2.67. The molecule has 0 aliphatic heterocycles. The molecule has 0 bridgehead atoms. The normalized spacial score (nSPS) is 10.4. The van der Waals surface area contributed by atoms with Crippen LogP contribution < -0.4 is 10.6 Å². The van der Waals surface area contributed by atoms with E-state index in [0.717, 1.165) is 5.69 Å².